The molecule has 0 atom stereocenters. The van der Waals surface area contributed by atoms with E-state index >= 15 is 0 Å². The first-order chi connectivity index (χ1) is 16.1. The third kappa shape index (κ3) is 5.03. The van der Waals surface area contributed by atoms with Gasteiger partial charge in [-0.15, -0.1) is 0 Å². The summed E-state index contributed by atoms with van der Waals surface area (Å²) in [5.74, 6) is -1.83. The highest BCUT2D eigenvalue weighted by Crippen LogP contribution is 2.44. The number of nitrogen functional groups attached to an aromatic ring is 1. The Morgan fingerprint density at radius 3 is 2.44 bits per heavy atom. The standard InChI is InChI=1S/C25H20F4N2O3/c26-18-6-4-14(5-7-18)13-34-23-22(11-17(12-31-23)25(27,28)29)21-3-1-2-20(21)15-8-16(24(32)33)10-19(30)9-15/h4-12H,1-3,13,30H2,(H,32,33)/p-1. The first kappa shape index (κ1) is 23.3. The maximum absolute atomic E-state index is 13.5. The molecule has 0 bridgehead atoms. The Hall–Kier alpha value is -3.88. The van der Waals surface area contributed by atoms with Crippen LogP contribution in [0.1, 0.15) is 51.9 Å². The summed E-state index contributed by atoms with van der Waals surface area (Å²) in [5.41, 5.74) is 7.52. The number of halogens is 4. The van der Waals surface area contributed by atoms with E-state index in [1.807, 2.05) is 0 Å². The number of anilines is 1. The number of ether oxygens (including phenoxy) is 1. The van der Waals surface area contributed by atoms with Crippen molar-refractivity contribution in [2.45, 2.75) is 32.0 Å². The van der Waals surface area contributed by atoms with Gasteiger partial charge >= 0.3 is 6.18 Å². The highest BCUT2D eigenvalue weighted by atomic mass is 19.4. The van der Waals surface area contributed by atoms with Crippen molar-refractivity contribution in [3.05, 3.63) is 88.4 Å². The molecular formula is C25H19F4N2O3-. The molecule has 2 aromatic carbocycles. The van der Waals surface area contributed by atoms with Gasteiger partial charge in [0, 0.05) is 17.4 Å². The fraction of sp³-hybridized carbons (Fsp3) is 0.200. The fourth-order valence-corrected chi connectivity index (χ4v) is 3.97. The predicted molar refractivity (Wildman–Crippen MR) is 116 cm³/mol. The van der Waals surface area contributed by atoms with Crippen molar-refractivity contribution < 1.29 is 32.2 Å². The first-order valence-electron chi connectivity index (χ1n) is 10.4. The Kier molecular flexibility index (Phi) is 6.28. The van der Waals surface area contributed by atoms with Crippen LogP contribution in [0.4, 0.5) is 23.2 Å². The van der Waals surface area contributed by atoms with Crippen LogP contribution in [0.5, 0.6) is 5.88 Å². The van der Waals surface area contributed by atoms with Crippen LogP contribution < -0.4 is 15.6 Å². The number of aromatic carboxylic acids is 1. The summed E-state index contributed by atoms with van der Waals surface area (Å²) in [6.45, 7) is -0.0264. The largest absolute Gasteiger partial charge is 0.545 e. The number of nitrogens with zero attached hydrogens (tertiary/aromatic N) is 1. The molecule has 5 nitrogen and oxygen atoms in total. The number of nitrogens with two attached hydrogens (primary N) is 1. The van der Waals surface area contributed by atoms with Crippen LogP contribution in [0.3, 0.4) is 0 Å². The monoisotopic (exact) mass is 471 g/mol. The van der Waals surface area contributed by atoms with Crippen molar-refractivity contribution in [1.82, 2.24) is 4.98 Å². The van der Waals surface area contributed by atoms with Crippen molar-refractivity contribution in [2.24, 2.45) is 0 Å². The summed E-state index contributed by atoms with van der Waals surface area (Å²) in [6, 6.07) is 10.7. The number of pyridine rings is 1. The molecule has 0 aliphatic heterocycles. The quantitative estimate of drug-likeness (QED) is 0.410. The number of aromatic nitrogens is 1. The molecule has 1 heterocycles. The first-order valence-corrected chi connectivity index (χ1v) is 10.4. The number of hydrogen-bond donors (Lipinski definition) is 1. The lowest BCUT2D eigenvalue weighted by Gasteiger charge is -2.17. The number of benzene rings is 2. The Labute approximate surface area is 192 Å². The van der Waals surface area contributed by atoms with Gasteiger partial charge in [0.25, 0.3) is 0 Å². The van der Waals surface area contributed by atoms with E-state index in [0.717, 1.165) is 6.07 Å². The molecule has 1 aromatic heterocycles. The zero-order valence-electron chi connectivity index (χ0n) is 17.8. The number of carbonyl (C=O) groups is 1. The van der Waals surface area contributed by atoms with Gasteiger partial charge in [0.1, 0.15) is 12.4 Å². The van der Waals surface area contributed by atoms with Gasteiger partial charge in [0.15, 0.2) is 0 Å². The van der Waals surface area contributed by atoms with Gasteiger partial charge in [-0.2, -0.15) is 13.2 Å². The number of carboxylic acids is 1. The van der Waals surface area contributed by atoms with Crippen LogP contribution in [0.25, 0.3) is 11.1 Å². The average molecular weight is 471 g/mol. The molecular weight excluding hydrogens is 452 g/mol. The van der Waals surface area contributed by atoms with E-state index in [1.165, 1.54) is 36.4 Å². The molecule has 0 unspecified atom stereocenters. The second kappa shape index (κ2) is 9.17. The molecule has 1 aliphatic rings. The van der Waals surface area contributed by atoms with Crippen molar-refractivity contribution in [3.8, 4) is 5.88 Å². The van der Waals surface area contributed by atoms with Gasteiger partial charge < -0.3 is 20.4 Å². The van der Waals surface area contributed by atoms with E-state index in [2.05, 4.69) is 4.98 Å². The summed E-state index contributed by atoms with van der Waals surface area (Å²) in [5, 5.41) is 11.4. The molecule has 4 rings (SSSR count). The molecule has 9 heteroatoms. The van der Waals surface area contributed by atoms with Crippen molar-refractivity contribution in [3.63, 3.8) is 0 Å². The molecule has 0 saturated heterocycles. The Balaban J connectivity index is 1.80. The lowest BCUT2D eigenvalue weighted by atomic mass is 9.95. The Bertz CT molecular complexity index is 1270. The molecule has 0 fully saturated rings. The van der Waals surface area contributed by atoms with Crippen LogP contribution in [0.2, 0.25) is 0 Å². The third-order valence-corrected chi connectivity index (χ3v) is 5.55. The minimum Gasteiger partial charge on any atom is -0.545 e. The van der Waals surface area contributed by atoms with Gasteiger partial charge in [-0.3, -0.25) is 0 Å². The minimum absolute atomic E-state index is 0.00393. The van der Waals surface area contributed by atoms with Gasteiger partial charge in [-0.1, -0.05) is 12.1 Å². The molecule has 0 amide bonds. The van der Waals surface area contributed by atoms with Crippen LogP contribution in [0, 0.1) is 5.82 Å². The predicted octanol–water partition coefficient (Wildman–Crippen LogP) is 4.86. The van der Waals surface area contributed by atoms with Crippen LogP contribution in [-0.4, -0.2) is 11.0 Å². The lowest BCUT2D eigenvalue weighted by molar-refractivity contribution is -0.255. The highest BCUT2D eigenvalue weighted by Gasteiger charge is 2.33. The number of carbonyl (C=O) groups excluding carboxylic acids is 1. The molecule has 0 saturated carbocycles. The van der Waals surface area contributed by atoms with E-state index in [4.69, 9.17) is 10.5 Å². The average Bonchev–Trinajstić information content (AvgIpc) is 3.27. The molecule has 0 spiro atoms. The van der Waals surface area contributed by atoms with Gasteiger partial charge in [-0.05, 0) is 83.5 Å². The second-order valence-corrected chi connectivity index (χ2v) is 7.93. The SMILES string of the molecule is Nc1cc(C(=O)[O-])cc(C2=C(c3cc(C(F)(F)F)cnc3OCc3ccc(F)cc3)CCC2)c1. The highest BCUT2D eigenvalue weighted by molar-refractivity contribution is 5.96. The fourth-order valence-electron chi connectivity index (χ4n) is 3.97. The van der Waals surface area contributed by atoms with E-state index in [-0.39, 0.29) is 29.3 Å². The molecule has 0 radical (unpaired) electrons. The van der Waals surface area contributed by atoms with Crippen molar-refractivity contribution >= 4 is 22.8 Å². The Morgan fingerprint density at radius 1 is 1.06 bits per heavy atom. The molecule has 176 valence electrons. The van der Waals surface area contributed by atoms with E-state index in [1.54, 1.807) is 6.07 Å². The van der Waals surface area contributed by atoms with Gasteiger partial charge in [0.2, 0.25) is 5.88 Å². The molecule has 1 aliphatic carbocycles. The maximum atomic E-state index is 13.5. The van der Waals surface area contributed by atoms with Crippen LogP contribution in [0.15, 0.2) is 54.7 Å². The zero-order valence-corrected chi connectivity index (χ0v) is 17.8. The topological polar surface area (TPSA) is 88.3 Å². The van der Waals surface area contributed by atoms with E-state index in [9.17, 15) is 27.5 Å². The van der Waals surface area contributed by atoms with E-state index in [0.29, 0.717) is 47.7 Å². The summed E-state index contributed by atoms with van der Waals surface area (Å²) in [6.07, 6.45) is -2.31. The molecule has 2 N–H and O–H groups in total. The Morgan fingerprint density at radius 2 is 1.76 bits per heavy atom. The van der Waals surface area contributed by atoms with E-state index < -0.39 is 23.5 Å². The van der Waals surface area contributed by atoms with Crippen LogP contribution >= 0.6 is 0 Å². The molecule has 3 aromatic rings. The zero-order chi connectivity index (χ0) is 24.5. The summed E-state index contributed by atoms with van der Waals surface area (Å²) < 4.78 is 59.3. The number of carboxylic acid groups (broad SMARTS) is 1. The smallest absolute Gasteiger partial charge is 0.417 e. The van der Waals surface area contributed by atoms with Crippen molar-refractivity contribution in [2.75, 3.05) is 5.73 Å². The number of rotatable bonds is 6. The maximum Gasteiger partial charge on any atom is 0.417 e. The molecule has 34 heavy (non-hydrogen) atoms. The normalized spacial score (nSPS) is 13.9. The number of hydrogen-bond acceptors (Lipinski definition) is 5. The van der Waals surface area contributed by atoms with Crippen molar-refractivity contribution in [1.29, 1.82) is 0 Å². The van der Waals surface area contributed by atoms with Crippen LogP contribution in [-0.2, 0) is 12.8 Å². The van der Waals surface area contributed by atoms with Gasteiger partial charge in [0.05, 0.1) is 11.5 Å². The number of allylic oxidation sites excluding steroid dienone is 2. The van der Waals surface area contributed by atoms with Gasteiger partial charge in [-0.25, -0.2) is 9.37 Å². The summed E-state index contributed by atoms with van der Waals surface area (Å²) in [7, 11) is 0. The number of alkyl halides is 3. The lowest BCUT2D eigenvalue weighted by Crippen LogP contribution is -2.22. The minimum atomic E-state index is -4.62. The third-order valence-electron chi connectivity index (χ3n) is 5.55. The summed E-state index contributed by atoms with van der Waals surface area (Å²) in [4.78, 5) is 15.3. The summed E-state index contributed by atoms with van der Waals surface area (Å²) >= 11 is 0. The second-order valence-electron chi connectivity index (χ2n) is 7.93.